The summed E-state index contributed by atoms with van der Waals surface area (Å²) in [5.74, 6) is -0.0999. The Morgan fingerprint density at radius 1 is 1.47 bits per heavy atom. The van der Waals surface area contributed by atoms with Gasteiger partial charge in [0.25, 0.3) is 0 Å². The highest BCUT2D eigenvalue weighted by Gasteiger charge is 2.53. The van der Waals surface area contributed by atoms with Crippen LogP contribution in [0, 0.1) is 6.92 Å². The van der Waals surface area contributed by atoms with Crippen LogP contribution in [0.5, 0.6) is 5.75 Å². The van der Waals surface area contributed by atoms with Gasteiger partial charge in [0, 0.05) is 12.7 Å². The Morgan fingerprint density at radius 2 is 2.16 bits per heavy atom. The minimum Gasteiger partial charge on any atom is -0.491 e. The first-order valence-corrected chi connectivity index (χ1v) is 6.50. The van der Waals surface area contributed by atoms with Crippen molar-refractivity contribution in [3.8, 4) is 5.75 Å². The molecule has 0 aromatic heterocycles. The van der Waals surface area contributed by atoms with E-state index in [1.54, 1.807) is 7.11 Å². The minimum absolute atomic E-state index is 0.0193. The molecule has 1 saturated carbocycles. The van der Waals surface area contributed by atoms with E-state index < -0.39 is 11.4 Å². The van der Waals surface area contributed by atoms with Gasteiger partial charge in [-0.1, -0.05) is 17.7 Å². The Kier molecular flexibility index (Phi) is 3.80. The average Bonchev–Trinajstić information content (AvgIpc) is 3.18. The van der Waals surface area contributed by atoms with Crippen LogP contribution < -0.4 is 4.74 Å². The highest BCUT2D eigenvalue weighted by atomic mass is 16.5. The van der Waals surface area contributed by atoms with Crippen LogP contribution in [0.25, 0.3) is 0 Å². The number of benzene rings is 1. The summed E-state index contributed by atoms with van der Waals surface area (Å²) in [5.41, 5.74) is 1.11. The standard InChI is InChI=1S/C15H20O4/c1-10-4-5-13(19-9-11(2)18-3)12(8-10)15(6-7-15)14(16)17/h4-5,8,11H,6-7,9H2,1-3H3,(H,16,17)/t11-/m1/s1. The summed E-state index contributed by atoms with van der Waals surface area (Å²) < 4.78 is 10.9. The summed E-state index contributed by atoms with van der Waals surface area (Å²) in [6.45, 7) is 4.29. The fourth-order valence-corrected chi connectivity index (χ4v) is 2.14. The van der Waals surface area contributed by atoms with Crippen LogP contribution in [0.15, 0.2) is 18.2 Å². The Bertz CT molecular complexity index is 477. The molecule has 0 unspecified atom stereocenters. The lowest BCUT2D eigenvalue weighted by Crippen LogP contribution is -2.22. The molecule has 1 aliphatic carbocycles. The third-order valence-corrected chi connectivity index (χ3v) is 3.69. The summed E-state index contributed by atoms with van der Waals surface area (Å²) in [6.07, 6.45) is 1.35. The van der Waals surface area contributed by atoms with Crippen molar-refractivity contribution in [2.24, 2.45) is 0 Å². The van der Waals surface area contributed by atoms with Gasteiger partial charge in [0.2, 0.25) is 0 Å². The molecule has 0 bridgehead atoms. The fourth-order valence-electron chi connectivity index (χ4n) is 2.14. The lowest BCUT2D eigenvalue weighted by atomic mass is 9.93. The van der Waals surface area contributed by atoms with E-state index in [0.29, 0.717) is 25.2 Å². The highest BCUT2D eigenvalue weighted by Crippen LogP contribution is 2.51. The van der Waals surface area contributed by atoms with E-state index in [-0.39, 0.29) is 6.10 Å². The second kappa shape index (κ2) is 5.21. The summed E-state index contributed by atoms with van der Waals surface area (Å²) >= 11 is 0. The van der Waals surface area contributed by atoms with Crippen molar-refractivity contribution in [2.45, 2.75) is 38.2 Å². The maximum Gasteiger partial charge on any atom is 0.314 e. The predicted octanol–water partition coefficient (Wildman–Crippen LogP) is 2.52. The van der Waals surface area contributed by atoms with Crippen LogP contribution >= 0.6 is 0 Å². The molecule has 0 spiro atoms. The van der Waals surface area contributed by atoms with E-state index in [2.05, 4.69) is 0 Å². The van der Waals surface area contributed by atoms with Gasteiger partial charge in [-0.2, -0.15) is 0 Å². The van der Waals surface area contributed by atoms with Gasteiger partial charge in [0.1, 0.15) is 12.4 Å². The van der Waals surface area contributed by atoms with E-state index in [1.165, 1.54) is 0 Å². The van der Waals surface area contributed by atoms with E-state index >= 15 is 0 Å². The third kappa shape index (κ3) is 2.73. The van der Waals surface area contributed by atoms with E-state index in [4.69, 9.17) is 9.47 Å². The molecular formula is C15H20O4. The van der Waals surface area contributed by atoms with E-state index in [9.17, 15) is 9.90 Å². The summed E-state index contributed by atoms with van der Waals surface area (Å²) in [5, 5.41) is 9.42. The van der Waals surface area contributed by atoms with Crippen molar-refractivity contribution in [1.82, 2.24) is 0 Å². The number of aryl methyl sites for hydroxylation is 1. The summed E-state index contributed by atoms with van der Waals surface area (Å²) in [7, 11) is 1.63. The Balaban J connectivity index is 2.26. The molecule has 1 atom stereocenters. The number of carboxylic acid groups (broad SMARTS) is 1. The van der Waals surface area contributed by atoms with Crippen molar-refractivity contribution >= 4 is 5.97 Å². The zero-order valence-electron chi connectivity index (χ0n) is 11.6. The Labute approximate surface area is 113 Å². The number of ether oxygens (including phenoxy) is 2. The normalized spacial score (nSPS) is 17.8. The van der Waals surface area contributed by atoms with Crippen LogP contribution in [-0.4, -0.2) is 30.9 Å². The number of rotatable bonds is 6. The predicted molar refractivity (Wildman–Crippen MR) is 71.7 cm³/mol. The molecule has 4 nitrogen and oxygen atoms in total. The van der Waals surface area contributed by atoms with Crippen molar-refractivity contribution in [3.63, 3.8) is 0 Å². The van der Waals surface area contributed by atoms with Crippen LogP contribution in [0.2, 0.25) is 0 Å². The first-order chi connectivity index (χ1) is 8.99. The van der Waals surface area contributed by atoms with Crippen molar-refractivity contribution in [3.05, 3.63) is 29.3 Å². The number of carboxylic acids is 1. The fraction of sp³-hybridized carbons (Fsp3) is 0.533. The number of carbonyl (C=O) groups is 1. The van der Waals surface area contributed by atoms with Gasteiger partial charge in [-0.3, -0.25) is 4.79 Å². The van der Waals surface area contributed by atoms with Gasteiger partial charge in [0.05, 0.1) is 11.5 Å². The maximum atomic E-state index is 11.5. The van der Waals surface area contributed by atoms with Gasteiger partial charge in [-0.15, -0.1) is 0 Å². The van der Waals surface area contributed by atoms with E-state index in [1.807, 2.05) is 32.0 Å². The van der Waals surface area contributed by atoms with Crippen molar-refractivity contribution in [2.75, 3.05) is 13.7 Å². The van der Waals surface area contributed by atoms with Gasteiger partial charge in [-0.25, -0.2) is 0 Å². The van der Waals surface area contributed by atoms with Crippen molar-refractivity contribution < 1.29 is 19.4 Å². The summed E-state index contributed by atoms with van der Waals surface area (Å²) in [4.78, 5) is 11.5. The number of hydrogen-bond acceptors (Lipinski definition) is 3. The van der Waals surface area contributed by atoms with Gasteiger partial charge in [0.15, 0.2) is 0 Å². The molecule has 0 aliphatic heterocycles. The number of hydrogen-bond donors (Lipinski definition) is 1. The molecular weight excluding hydrogens is 244 g/mol. The lowest BCUT2D eigenvalue weighted by Gasteiger charge is -2.18. The Hall–Kier alpha value is -1.55. The van der Waals surface area contributed by atoms with E-state index in [0.717, 1.165) is 11.1 Å². The SMILES string of the molecule is CO[C@H](C)COc1ccc(C)cc1C1(C(=O)O)CC1. The van der Waals surface area contributed by atoms with Crippen LogP contribution in [0.3, 0.4) is 0 Å². The molecule has 1 aromatic carbocycles. The van der Waals surface area contributed by atoms with Gasteiger partial charge >= 0.3 is 5.97 Å². The van der Waals surface area contributed by atoms with Gasteiger partial charge < -0.3 is 14.6 Å². The number of aliphatic carboxylic acids is 1. The molecule has 0 heterocycles. The maximum absolute atomic E-state index is 11.5. The molecule has 1 aromatic rings. The first kappa shape index (κ1) is 13.9. The average molecular weight is 264 g/mol. The van der Waals surface area contributed by atoms with Crippen LogP contribution in [0.1, 0.15) is 30.9 Å². The van der Waals surface area contributed by atoms with Crippen molar-refractivity contribution in [1.29, 1.82) is 0 Å². The second-order valence-corrected chi connectivity index (χ2v) is 5.24. The highest BCUT2D eigenvalue weighted by molar-refractivity contribution is 5.86. The lowest BCUT2D eigenvalue weighted by molar-refractivity contribution is -0.140. The molecule has 2 rings (SSSR count). The van der Waals surface area contributed by atoms with Gasteiger partial charge in [-0.05, 0) is 32.8 Å². The topological polar surface area (TPSA) is 55.8 Å². The molecule has 104 valence electrons. The molecule has 0 amide bonds. The summed E-state index contributed by atoms with van der Waals surface area (Å²) in [6, 6.07) is 5.72. The first-order valence-electron chi connectivity index (χ1n) is 6.50. The van der Waals surface area contributed by atoms with Crippen LogP contribution in [0.4, 0.5) is 0 Å². The quantitative estimate of drug-likeness (QED) is 0.857. The molecule has 0 saturated heterocycles. The molecule has 4 heteroatoms. The molecule has 1 fully saturated rings. The minimum atomic E-state index is -0.761. The number of methoxy groups -OCH3 is 1. The molecule has 19 heavy (non-hydrogen) atoms. The largest absolute Gasteiger partial charge is 0.491 e. The zero-order valence-corrected chi connectivity index (χ0v) is 11.6. The molecule has 0 radical (unpaired) electrons. The second-order valence-electron chi connectivity index (χ2n) is 5.24. The zero-order chi connectivity index (χ0) is 14.0. The van der Waals surface area contributed by atoms with Crippen LogP contribution in [-0.2, 0) is 14.9 Å². The Morgan fingerprint density at radius 3 is 2.68 bits per heavy atom. The molecule has 1 N–H and O–H groups in total. The third-order valence-electron chi connectivity index (χ3n) is 3.69. The molecule has 1 aliphatic rings. The monoisotopic (exact) mass is 264 g/mol. The smallest absolute Gasteiger partial charge is 0.314 e.